The standard InChI is InChI=1S/C15H14F2O2/c1-2-19-12-5-3-4-10(8-12)15(18)13-9-11(16)6-7-14(13)17/h3-9,15,18H,2H2,1H3. The summed E-state index contributed by atoms with van der Waals surface area (Å²) >= 11 is 0. The van der Waals surface area contributed by atoms with Crippen LogP contribution in [0.15, 0.2) is 42.5 Å². The molecule has 0 fully saturated rings. The molecule has 19 heavy (non-hydrogen) atoms. The number of aliphatic hydroxyl groups excluding tert-OH is 1. The molecule has 0 radical (unpaired) electrons. The second-order valence-electron chi connectivity index (χ2n) is 4.07. The van der Waals surface area contributed by atoms with Crippen molar-refractivity contribution in [2.24, 2.45) is 0 Å². The van der Waals surface area contributed by atoms with E-state index in [1.807, 2.05) is 6.92 Å². The van der Waals surface area contributed by atoms with Crippen molar-refractivity contribution in [1.29, 1.82) is 0 Å². The number of hydrogen-bond acceptors (Lipinski definition) is 2. The SMILES string of the molecule is CCOc1cccc(C(O)c2cc(F)ccc2F)c1. The highest BCUT2D eigenvalue weighted by Crippen LogP contribution is 2.27. The number of aliphatic hydroxyl groups is 1. The number of benzene rings is 2. The van der Waals surface area contributed by atoms with Crippen LogP contribution in [0.25, 0.3) is 0 Å². The highest BCUT2D eigenvalue weighted by atomic mass is 19.1. The van der Waals surface area contributed by atoms with Crippen LogP contribution in [0.5, 0.6) is 5.75 Å². The molecule has 1 N–H and O–H groups in total. The lowest BCUT2D eigenvalue weighted by molar-refractivity contribution is 0.213. The lowest BCUT2D eigenvalue weighted by Gasteiger charge is -2.14. The fraction of sp³-hybridized carbons (Fsp3) is 0.200. The lowest BCUT2D eigenvalue weighted by Crippen LogP contribution is -2.04. The van der Waals surface area contributed by atoms with Gasteiger partial charge in [0.25, 0.3) is 0 Å². The number of hydrogen-bond donors (Lipinski definition) is 1. The van der Waals surface area contributed by atoms with Gasteiger partial charge in [0.05, 0.1) is 6.61 Å². The van der Waals surface area contributed by atoms with Crippen LogP contribution < -0.4 is 4.74 Å². The van der Waals surface area contributed by atoms with E-state index < -0.39 is 17.7 Å². The van der Waals surface area contributed by atoms with Gasteiger partial charge in [-0.3, -0.25) is 0 Å². The summed E-state index contributed by atoms with van der Waals surface area (Å²) in [6.45, 7) is 2.34. The molecule has 0 aliphatic rings. The van der Waals surface area contributed by atoms with Crippen LogP contribution in [-0.2, 0) is 0 Å². The Morgan fingerprint density at radius 2 is 1.95 bits per heavy atom. The molecule has 2 aromatic carbocycles. The van der Waals surface area contributed by atoms with Crippen molar-refractivity contribution in [3.05, 3.63) is 65.2 Å². The van der Waals surface area contributed by atoms with E-state index in [2.05, 4.69) is 0 Å². The van der Waals surface area contributed by atoms with Gasteiger partial charge < -0.3 is 9.84 Å². The summed E-state index contributed by atoms with van der Waals surface area (Å²) in [5.74, 6) is -0.650. The van der Waals surface area contributed by atoms with Gasteiger partial charge in [-0.2, -0.15) is 0 Å². The first-order chi connectivity index (χ1) is 9.11. The Morgan fingerprint density at radius 3 is 2.68 bits per heavy atom. The molecule has 1 unspecified atom stereocenters. The zero-order chi connectivity index (χ0) is 13.8. The highest BCUT2D eigenvalue weighted by Gasteiger charge is 2.16. The summed E-state index contributed by atoms with van der Waals surface area (Å²) < 4.78 is 32.0. The number of halogens is 2. The van der Waals surface area contributed by atoms with E-state index in [0.29, 0.717) is 17.9 Å². The summed E-state index contributed by atoms with van der Waals surface area (Å²) in [6, 6.07) is 9.69. The van der Waals surface area contributed by atoms with Gasteiger partial charge in [0.2, 0.25) is 0 Å². The second-order valence-corrected chi connectivity index (χ2v) is 4.07. The Morgan fingerprint density at radius 1 is 1.16 bits per heavy atom. The van der Waals surface area contributed by atoms with Crippen molar-refractivity contribution in [3.8, 4) is 5.75 Å². The molecule has 0 aliphatic carbocycles. The maximum absolute atomic E-state index is 13.6. The first-order valence-corrected chi connectivity index (χ1v) is 5.97. The minimum Gasteiger partial charge on any atom is -0.494 e. The van der Waals surface area contributed by atoms with Gasteiger partial charge in [-0.1, -0.05) is 12.1 Å². The third-order valence-electron chi connectivity index (χ3n) is 2.74. The van der Waals surface area contributed by atoms with Crippen LogP contribution in [0.1, 0.15) is 24.2 Å². The lowest BCUT2D eigenvalue weighted by atomic mass is 10.0. The molecular formula is C15H14F2O2. The van der Waals surface area contributed by atoms with Gasteiger partial charge in [-0.25, -0.2) is 8.78 Å². The van der Waals surface area contributed by atoms with Crippen molar-refractivity contribution in [2.75, 3.05) is 6.61 Å². The van der Waals surface area contributed by atoms with Crippen LogP contribution >= 0.6 is 0 Å². The first-order valence-electron chi connectivity index (χ1n) is 5.97. The molecular weight excluding hydrogens is 250 g/mol. The molecule has 0 heterocycles. The largest absolute Gasteiger partial charge is 0.494 e. The quantitative estimate of drug-likeness (QED) is 0.916. The zero-order valence-electron chi connectivity index (χ0n) is 10.4. The topological polar surface area (TPSA) is 29.5 Å². The van der Waals surface area contributed by atoms with Gasteiger partial charge in [-0.05, 0) is 42.8 Å². The minimum atomic E-state index is -1.23. The van der Waals surface area contributed by atoms with Crippen molar-refractivity contribution in [2.45, 2.75) is 13.0 Å². The summed E-state index contributed by atoms with van der Waals surface area (Å²) in [7, 11) is 0. The van der Waals surface area contributed by atoms with E-state index in [-0.39, 0.29) is 5.56 Å². The van der Waals surface area contributed by atoms with Crippen molar-refractivity contribution in [1.82, 2.24) is 0 Å². The van der Waals surface area contributed by atoms with E-state index in [4.69, 9.17) is 4.74 Å². The van der Waals surface area contributed by atoms with E-state index in [0.717, 1.165) is 18.2 Å². The average molecular weight is 264 g/mol. The Hall–Kier alpha value is -1.94. The zero-order valence-corrected chi connectivity index (χ0v) is 10.4. The van der Waals surface area contributed by atoms with Crippen LogP contribution in [0.3, 0.4) is 0 Å². The Bertz CT molecular complexity index is 570. The summed E-state index contributed by atoms with van der Waals surface area (Å²) in [5, 5.41) is 10.1. The molecule has 1 atom stereocenters. The molecule has 0 aliphatic heterocycles. The van der Waals surface area contributed by atoms with E-state index in [1.54, 1.807) is 24.3 Å². The Labute approximate surface area is 110 Å². The molecule has 0 amide bonds. The van der Waals surface area contributed by atoms with E-state index in [1.165, 1.54) is 0 Å². The number of ether oxygens (including phenoxy) is 1. The summed E-state index contributed by atoms with van der Waals surface area (Å²) in [5.41, 5.74) is 0.365. The van der Waals surface area contributed by atoms with Gasteiger partial charge in [-0.15, -0.1) is 0 Å². The van der Waals surface area contributed by atoms with E-state index >= 15 is 0 Å². The van der Waals surface area contributed by atoms with Gasteiger partial charge in [0, 0.05) is 5.56 Å². The first kappa shape index (κ1) is 13.5. The van der Waals surface area contributed by atoms with Crippen LogP contribution in [0.2, 0.25) is 0 Å². The third-order valence-corrected chi connectivity index (χ3v) is 2.74. The second kappa shape index (κ2) is 5.80. The predicted octanol–water partition coefficient (Wildman–Crippen LogP) is 3.45. The maximum atomic E-state index is 13.6. The molecule has 0 saturated heterocycles. The van der Waals surface area contributed by atoms with Crippen molar-refractivity contribution in [3.63, 3.8) is 0 Å². The minimum absolute atomic E-state index is 0.0892. The average Bonchev–Trinajstić information content (AvgIpc) is 2.41. The van der Waals surface area contributed by atoms with Crippen molar-refractivity contribution < 1.29 is 18.6 Å². The molecule has 2 nitrogen and oxygen atoms in total. The molecule has 0 spiro atoms. The van der Waals surface area contributed by atoms with Gasteiger partial charge >= 0.3 is 0 Å². The smallest absolute Gasteiger partial charge is 0.129 e. The summed E-state index contributed by atoms with van der Waals surface area (Å²) in [6.07, 6.45) is -1.23. The molecule has 2 aromatic rings. The monoisotopic (exact) mass is 264 g/mol. The molecule has 0 aromatic heterocycles. The van der Waals surface area contributed by atoms with Gasteiger partial charge in [0.1, 0.15) is 23.5 Å². The van der Waals surface area contributed by atoms with Crippen molar-refractivity contribution >= 4 is 0 Å². The van der Waals surface area contributed by atoms with Crippen LogP contribution in [-0.4, -0.2) is 11.7 Å². The van der Waals surface area contributed by atoms with E-state index in [9.17, 15) is 13.9 Å². The fourth-order valence-electron chi connectivity index (χ4n) is 1.84. The molecule has 0 bridgehead atoms. The maximum Gasteiger partial charge on any atom is 0.129 e. The Balaban J connectivity index is 2.35. The van der Waals surface area contributed by atoms with Crippen LogP contribution in [0.4, 0.5) is 8.78 Å². The normalized spacial score (nSPS) is 12.2. The molecule has 0 saturated carbocycles. The predicted molar refractivity (Wildman–Crippen MR) is 68.0 cm³/mol. The highest BCUT2D eigenvalue weighted by molar-refractivity contribution is 5.36. The third kappa shape index (κ3) is 3.09. The van der Waals surface area contributed by atoms with Crippen LogP contribution in [0, 0.1) is 11.6 Å². The number of rotatable bonds is 4. The molecule has 100 valence electrons. The summed E-state index contributed by atoms with van der Waals surface area (Å²) in [4.78, 5) is 0. The van der Waals surface area contributed by atoms with Gasteiger partial charge in [0.15, 0.2) is 0 Å². The fourth-order valence-corrected chi connectivity index (χ4v) is 1.84. The molecule has 4 heteroatoms. The molecule has 2 rings (SSSR count). The Kier molecular flexibility index (Phi) is 4.12.